The molecule has 0 aromatic heterocycles. The van der Waals surface area contributed by atoms with E-state index < -0.39 is 0 Å². The van der Waals surface area contributed by atoms with Gasteiger partial charge in [0.15, 0.2) is 0 Å². The lowest BCUT2D eigenvalue weighted by atomic mass is 10.2. The van der Waals surface area contributed by atoms with Gasteiger partial charge in [-0.15, -0.1) is 0 Å². The predicted molar refractivity (Wildman–Crippen MR) is 51.2 cm³/mol. The maximum absolute atomic E-state index is 11.6. The van der Waals surface area contributed by atoms with Crippen molar-refractivity contribution in [2.75, 3.05) is 18.4 Å². The zero-order valence-corrected chi connectivity index (χ0v) is 8.72. The Labute approximate surface area is 81.4 Å². The van der Waals surface area contributed by atoms with E-state index in [2.05, 4.69) is 15.9 Å². The van der Waals surface area contributed by atoms with Crippen LogP contribution in [0.1, 0.15) is 19.3 Å². The van der Waals surface area contributed by atoms with Gasteiger partial charge in [0, 0.05) is 24.3 Å². The third-order valence-electron chi connectivity index (χ3n) is 2.74. The van der Waals surface area contributed by atoms with Crippen LogP contribution in [0.4, 0.5) is 0 Å². The summed E-state index contributed by atoms with van der Waals surface area (Å²) >= 11 is 3.47. The minimum atomic E-state index is 0.402. The average molecular weight is 232 g/mol. The Hall–Kier alpha value is -0.0500. The topological polar surface area (TPSA) is 20.3 Å². The van der Waals surface area contributed by atoms with Crippen LogP contribution in [0, 0.1) is 11.8 Å². The van der Waals surface area contributed by atoms with Gasteiger partial charge < -0.3 is 4.90 Å². The van der Waals surface area contributed by atoms with E-state index in [1.807, 2.05) is 4.90 Å². The summed E-state index contributed by atoms with van der Waals surface area (Å²) in [5.74, 6) is 1.52. The van der Waals surface area contributed by atoms with Gasteiger partial charge in [0.2, 0.25) is 5.91 Å². The van der Waals surface area contributed by atoms with Crippen molar-refractivity contribution in [3.05, 3.63) is 0 Å². The molecule has 68 valence electrons. The smallest absolute Gasteiger partial charge is 0.225 e. The molecule has 1 unspecified atom stereocenters. The van der Waals surface area contributed by atoms with Gasteiger partial charge in [-0.05, 0) is 25.2 Å². The molecule has 2 fully saturated rings. The summed E-state index contributed by atoms with van der Waals surface area (Å²) in [6.07, 6.45) is 3.45. The molecule has 2 nitrogen and oxygen atoms in total. The summed E-state index contributed by atoms with van der Waals surface area (Å²) in [6, 6.07) is 0. The molecule has 2 aliphatic rings. The Bertz CT molecular complexity index is 191. The second-order valence-corrected chi connectivity index (χ2v) is 4.52. The molecule has 1 saturated heterocycles. The highest BCUT2D eigenvalue weighted by Crippen LogP contribution is 2.32. The van der Waals surface area contributed by atoms with Crippen molar-refractivity contribution >= 4 is 21.8 Å². The highest BCUT2D eigenvalue weighted by molar-refractivity contribution is 9.09. The first kappa shape index (κ1) is 8.54. The van der Waals surface area contributed by atoms with Crippen molar-refractivity contribution < 1.29 is 4.79 Å². The van der Waals surface area contributed by atoms with Crippen LogP contribution in [-0.2, 0) is 4.79 Å². The van der Waals surface area contributed by atoms with Crippen molar-refractivity contribution in [2.24, 2.45) is 11.8 Å². The van der Waals surface area contributed by atoms with E-state index >= 15 is 0 Å². The number of carbonyl (C=O) groups excluding carboxylic acids is 1. The maximum atomic E-state index is 11.6. The van der Waals surface area contributed by atoms with Gasteiger partial charge >= 0.3 is 0 Å². The summed E-state index contributed by atoms with van der Waals surface area (Å²) in [5, 5.41) is 1.04. The summed E-state index contributed by atoms with van der Waals surface area (Å²) in [6.45, 7) is 1.98. The van der Waals surface area contributed by atoms with Crippen molar-refractivity contribution in [3.8, 4) is 0 Å². The number of alkyl halides is 1. The van der Waals surface area contributed by atoms with Gasteiger partial charge in [-0.1, -0.05) is 15.9 Å². The minimum absolute atomic E-state index is 0.402. The van der Waals surface area contributed by atoms with Gasteiger partial charge in [0.1, 0.15) is 0 Å². The molecule has 1 saturated carbocycles. The number of amides is 1. The molecule has 2 rings (SSSR count). The van der Waals surface area contributed by atoms with E-state index in [0.717, 1.165) is 31.3 Å². The van der Waals surface area contributed by atoms with Crippen LogP contribution in [0.15, 0.2) is 0 Å². The molecule has 0 aromatic rings. The lowest BCUT2D eigenvalue weighted by Crippen LogP contribution is -2.30. The Kier molecular flexibility index (Phi) is 2.40. The monoisotopic (exact) mass is 231 g/mol. The van der Waals surface area contributed by atoms with Crippen LogP contribution < -0.4 is 0 Å². The third-order valence-corrected chi connectivity index (χ3v) is 3.66. The minimum Gasteiger partial charge on any atom is -0.342 e. The normalized spacial score (nSPS) is 29.4. The molecule has 0 bridgehead atoms. The Morgan fingerprint density at radius 2 is 2.17 bits per heavy atom. The van der Waals surface area contributed by atoms with Crippen LogP contribution in [-0.4, -0.2) is 29.2 Å². The number of rotatable bonds is 2. The van der Waals surface area contributed by atoms with Crippen LogP contribution in [0.25, 0.3) is 0 Å². The first-order chi connectivity index (χ1) is 5.81. The first-order valence-electron chi connectivity index (χ1n) is 4.66. The molecular formula is C9H14BrNO. The largest absolute Gasteiger partial charge is 0.342 e. The number of likely N-dealkylation sites (tertiary alicyclic amines) is 1. The van der Waals surface area contributed by atoms with E-state index in [0.29, 0.717) is 17.7 Å². The molecule has 12 heavy (non-hydrogen) atoms. The Morgan fingerprint density at radius 1 is 1.42 bits per heavy atom. The quantitative estimate of drug-likeness (QED) is 0.663. The van der Waals surface area contributed by atoms with E-state index in [1.54, 1.807) is 0 Å². The zero-order chi connectivity index (χ0) is 8.55. The summed E-state index contributed by atoms with van der Waals surface area (Å²) in [5.41, 5.74) is 0. The molecule has 1 heterocycles. The predicted octanol–water partition coefficient (Wildman–Crippen LogP) is 1.64. The molecule has 1 aliphatic carbocycles. The van der Waals surface area contributed by atoms with Crippen LogP contribution in [0.2, 0.25) is 0 Å². The van der Waals surface area contributed by atoms with Crippen molar-refractivity contribution in [2.45, 2.75) is 19.3 Å². The van der Waals surface area contributed by atoms with Crippen molar-refractivity contribution in [3.63, 3.8) is 0 Å². The average Bonchev–Trinajstić information content (AvgIpc) is 2.82. The van der Waals surface area contributed by atoms with Gasteiger partial charge in [0.25, 0.3) is 0 Å². The van der Waals surface area contributed by atoms with E-state index in [4.69, 9.17) is 0 Å². The number of carbonyl (C=O) groups is 1. The lowest BCUT2D eigenvalue weighted by molar-refractivity contribution is -0.131. The van der Waals surface area contributed by atoms with Crippen molar-refractivity contribution in [1.82, 2.24) is 4.90 Å². The van der Waals surface area contributed by atoms with Crippen LogP contribution in [0.3, 0.4) is 0 Å². The van der Waals surface area contributed by atoms with Gasteiger partial charge in [-0.3, -0.25) is 4.79 Å². The highest BCUT2D eigenvalue weighted by Gasteiger charge is 2.36. The van der Waals surface area contributed by atoms with Gasteiger partial charge in [0.05, 0.1) is 0 Å². The number of hydrogen-bond acceptors (Lipinski definition) is 1. The molecule has 1 amide bonds. The molecule has 0 aromatic carbocycles. The number of hydrogen-bond donors (Lipinski definition) is 0. The van der Waals surface area contributed by atoms with E-state index in [9.17, 15) is 4.79 Å². The first-order valence-corrected chi connectivity index (χ1v) is 5.78. The lowest BCUT2D eigenvalue weighted by Gasteiger charge is -2.15. The second kappa shape index (κ2) is 3.36. The van der Waals surface area contributed by atoms with Crippen molar-refractivity contribution in [1.29, 1.82) is 0 Å². The SMILES string of the molecule is O=C(C1CC1)N1CCC(CBr)C1. The Morgan fingerprint density at radius 3 is 2.67 bits per heavy atom. The Balaban J connectivity index is 1.85. The van der Waals surface area contributed by atoms with E-state index in [1.165, 1.54) is 6.42 Å². The standard InChI is InChI=1S/C9H14BrNO/c10-5-7-3-4-11(6-7)9(12)8-1-2-8/h7-8H,1-6H2. The number of nitrogens with zero attached hydrogens (tertiary/aromatic N) is 1. The number of halogens is 1. The fourth-order valence-corrected chi connectivity index (χ4v) is 2.28. The summed E-state index contributed by atoms with van der Waals surface area (Å²) in [4.78, 5) is 13.6. The third kappa shape index (κ3) is 1.65. The van der Waals surface area contributed by atoms with Gasteiger partial charge in [-0.25, -0.2) is 0 Å². The fraction of sp³-hybridized carbons (Fsp3) is 0.889. The second-order valence-electron chi connectivity index (χ2n) is 3.87. The highest BCUT2D eigenvalue weighted by atomic mass is 79.9. The van der Waals surface area contributed by atoms with Gasteiger partial charge in [-0.2, -0.15) is 0 Å². The van der Waals surface area contributed by atoms with Crippen LogP contribution in [0.5, 0.6) is 0 Å². The molecule has 0 spiro atoms. The molecule has 0 N–H and O–H groups in total. The summed E-state index contributed by atoms with van der Waals surface area (Å²) in [7, 11) is 0. The molecule has 1 atom stereocenters. The fourth-order valence-electron chi connectivity index (χ4n) is 1.75. The molecule has 0 radical (unpaired) electrons. The maximum Gasteiger partial charge on any atom is 0.225 e. The van der Waals surface area contributed by atoms with Crippen LogP contribution >= 0.6 is 15.9 Å². The van der Waals surface area contributed by atoms with E-state index in [-0.39, 0.29) is 0 Å². The zero-order valence-electron chi connectivity index (χ0n) is 7.13. The summed E-state index contributed by atoms with van der Waals surface area (Å²) < 4.78 is 0. The molecule has 1 aliphatic heterocycles. The molecule has 3 heteroatoms. The molecular weight excluding hydrogens is 218 g/mol.